The number of carbonyl (C=O) groups excluding carboxylic acids is 1. The van der Waals surface area contributed by atoms with Crippen molar-refractivity contribution in [2.24, 2.45) is 17.8 Å². The van der Waals surface area contributed by atoms with Crippen molar-refractivity contribution in [1.82, 2.24) is 9.55 Å². The molecule has 29 heavy (non-hydrogen) atoms. The second kappa shape index (κ2) is 8.36. The van der Waals surface area contributed by atoms with Gasteiger partial charge in [-0.2, -0.15) is 13.2 Å². The van der Waals surface area contributed by atoms with Crippen LogP contribution in [-0.2, 0) is 28.7 Å². The first-order chi connectivity index (χ1) is 13.6. The molecule has 4 nitrogen and oxygen atoms in total. The van der Waals surface area contributed by atoms with E-state index in [4.69, 9.17) is 4.74 Å². The summed E-state index contributed by atoms with van der Waals surface area (Å²) in [4.78, 5) is 17.2. The summed E-state index contributed by atoms with van der Waals surface area (Å²) in [6, 6.07) is 3.44. The highest BCUT2D eigenvalue weighted by Gasteiger charge is 2.34. The van der Waals surface area contributed by atoms with E-state index in [0.29, 0.717) is 41.0 Å². The molecule has 0 unspecified atom stereocenters. The third-order valence-electron chi connectivity index (χ3n) is 6.00. The lowest BCUT2D eigenvalue weighted by Gasteiger charge is -2.36. The minimum Gasteiger partial charge on any atom is -0.461 e. The number of nitrogens with zero attached hydrogens (tertiary/aromatic N) is 2. The average molecular weight is 410 g/mol. The smallest absolute Gasteiger partial charge is 0.416 e. The van der Waals surface area contributed by atoms with Crippen LogP contribution in [0.1, 0.15) is 58.3 Å². The van der Waals surface area contributed by atoms with Gasteiger partial charge in [0.25, 0.3) is 0 Å². The number of aryl methyl sites for hydroxylation is 1. The molecular formula is C22H29F3N2O2. The maximum atomic E-state index is 13.1. The van der Waals surface area contributed by atoms with Crippen molar-refractivity contribution in [1.29, 1.82) is 0 Å². The fourth-order valence-corrected chi connectivity index (χ4v) is 4.38. The fraction of sp³-hybridized carbons (Fsp3) is 0.636. The first kappa shape index (κ1) is 21.7. The number of aromatic nitrogens is 2. The van der Waals surface area contributed by atoms with Gasteiger partial charge in [-0.15, -0.1) is 0 Å². The zero-order valence-electron chi connectivity index (χ0n) is 17.4. The molecule has 0 spiro atoms. The van der Waals surface area contributed by atoms with E-state index in [1.807, 2.05) is 6.92 Å². The fourth-order valence-electron chi connectivity index (χ4n) is 4.38. The summed E-state index contributed by atoms with van der Waals surface area (Å²) in [5.41, 5.74) is 0.0168. The van der Waals surface area contributed by atoms with E-state index in [2.05, 4.69) is 25.8 Å². The third-order valence-corrected chi connectivity index (χ3v) is 6.00. The van der Waals surface area contributed by atoms with Gasteiger partial charge in [0.15, 0.2) is 0 Å². The molecule has 0 saturated heterocycles. The molecule has 0 radical (unpaired) electrons. The Labute approximate surface area is 169 Å². The third kappa shape index (κ3) is 4.75. The van der Waals surface area contributed by atoms with Crippen molar-refractivity contribution >= 4 is 17.0 Å². The lowest BCUT2D eigenvalue weighted by atomic mass is 9.75. The molecule has 1 aromatic carbocycles. The minimum absolute atomic E-state index is 0.128. The predicted molar refractivity (Wildman–Crippen MR) is 105 cm³/mol. The molecule has 1 aliphatic rings. The van der Waals surface area contributed by atoms with Crippen LogP contribution in [-0.4, -0.2) is 21.6 Å². The zero-order chi connectivity index (χ0) is 21.3. The first-order valence-electron chi connectivity index (χ1n) is 10.4. The number of rotatable bonds is 5. The van der Waals surface area contributed by atoms with Gasteiger partial charge in [0, 0.05) is 6.42 Å². The second-order valence-electron chi connectivity index (χ2n) is 8.52. The molecule has 1 aromatic heterocycles. The van der Waals surface area contributed by atoms with Crippen molar-refractivity contribution in [3.8, 4) is 0 Å². The molecule has 1 aliphatic carbocycles. The molecule has 1 fully saturated rings. The Morgan fingerprint density at radius 1 is 1.31 bits per heavy atom. The molecule has 1 saturated carbocycles. The summed E-state index contributed by atoms with van der Waals surface area (Å²) in [6.45, 7) is 8.17. The Bertz CT molecular complexity index is 873. The summed E-state index contributed by atoms with van der Waals surface area (Å²) in [5, 5.41) is 0. The highest BCUT2D eigenvalue weighted by molar-refractivity contribution is 5.80. The van der Waals surface area contributed by atoms with E-state index >= 15 is 0 Å². The second-order valence-corrected chi connectivity index (χ2v) is 8.52. The standard InChI is InChI=1S/C22H29F3N2O2/c1-5-20-26-17-9-7-15(22(23,24)25)11-18(17)27(20)12-21(28)29-19-10-14(4)6-8-16(19)13(2)3/h7,9,11,13-14,16,19H,5-6,8,10,12H2,1-4H3/t14-,16+,19-/m1/s1. The Hall–Kier alpha value is -2.05. The van der Waals surface area contributed by atoms with Crippen LogP contribution in [0.2, 0.25) is 0 Å². The normalized spacial score (nSPS) is 23.0. The summed E-state index contributed by atoms with van der Waals surface area (Å²) in [7, 11) is 0. The number of imidazole rings is 1. The minimum atomic E-state index is -4.45. The van der Waals surface area contributed by atoms with E-state index in [9.17, 15) is 18.0 Å². The van der Waals surface area contributed by atoms with Gasteiger partial charge in [0.05, 0.1) is 16.6 Å². The molecule has 0 aliphatic heterocycles. The van der Waals surface area contributed by atoms with Gasteiger partial charge < -0.3 is 9.30 Å². The van der Waals surface area contributed by atoms with Gasteiger partial charge in [0.1, 0.15) is 18.5 Å². The molecule has 0 N–H and O–H groups in total. The van der Waals surface area contributed by atoms with Crippen molar-refractivity contribution in [2.75, 3.05) is 0 Å². The van der Waals surface area contributed by atoms with Gasteiger partial charge >= 0.3 is 12.1 Å². The largest absolute Gasteiger partial charge is 0.461 e. The molecule has 160 valence electrons. The highest BCUT2D eigenvalue weighted by Crippen LogP contribution is 2.36. The Morgan fingerprint density at radius 3 is 2.66 bits per heavy atom. The van der Waals surface area contributed by atoms with Crippen molar-refractivity contribution < 1.29 is 22.7 Å². The predicted octanol–water partition coefficient (Wildman–Crippen LogP) is 5.62. The van der Waals surface area contributed by atoms with Crippen LogP contribution in [0.15, 0.2) is 18.2 Å². The van der Waals surface area contributed by atoms with Crippen molar-refractivity contribution in [3.05, 3.63) is 29.6 Å². The number of carbonyl (C=O) groups is 1. The SMILES string of the molecule is CCc1nc2ccc(C(F)(F)F)cc2n1CC(=O)O[C@@H]1C[C@H](C)CC[C@H]1C(C)C. The zero-order valence-corrected chi connectivity index (χ0v) is 17.4. The molecule has 3 atom stereocenters. The molecule has 7 heteroatoms. The van der Waals surface area contributed by atoms with Gasteiger partial charge in [-0.25, -0.2) is 4.98 Å². The average Bonchev–Trinajstić information content (AvgIpc) is 2.97. The maximum absolute atomic E-state index is 13.1. The van der Waals surface area contributed by atoms with Crippen molar-refractivity contribution in [3.63, 3.8) is 0 Å². The monoisotopic (exact) mass is 410 g/mol. The molecule has 3 rings (SSSR count). The van der Waals surface area contributed by atoms with Gasteiger partial charge in [-0.3, -0.25) is 4.79 Å². The van der Waals surface area contributed by atoms with Gasteiger partial charge in [-0.05, 0) is 48.8 Å². The Morgan fingerprint density at radius 2 is 2.03 bits per heavy atom. The number of hydrogen-bond acceptors (Lipinski definition) is 3. The maximum Gasteiger partial charge on any atom is 0.416 e. The summed E-state index contributed by atoms with van der Waals surface area (Å²) >= 11 is 0. The van der Waals surface area contributed by atoms with Gasteiger partial charge in [0.2, 0.25) is 0 Å². The molecule has 1 heterocycles. The number of benzene rings is 1. The van der Waals surface area contributed by atoms with Crippen LogP contribution in [0.3, 0.4) is 0 Å². The van der Waals surface area contributed by atoms with E-state index in [1.54, 1.807) is 4.57 Å². The van der Waals surface area contributed by atoms with Crippen LogP contribution in [0, 0.1) is 17.8 Å². The molecular weight excluding hydrogens is 381 g/mol. The van der Waals surface area contributed by atoms with Crippen molar-refractivity contribution in [2.45, 2.75) is 72.2 Å². The van der Waals surface area contributed by atoms with E-state index in [-0.39, 0.29) is 12.6 Å². The number of halogens is 3. The van der Waals surface area contributed by atoms with Crippen LogP contribution >= 0.6 is 0 Å². The number of fused-ring (bicyclic) bond motifs is 1. The van der Waals surface area contributed by atoms with Crippen LogP contribution < -0.4 is 0 Å². The van der Waals surface area contributed by atoms with Gasteiger partial charge in [-0.1, -0.05) is 34.1 Å². The lowest BCUT2D eigenvalue weighted by Crippen LogP contribution is -2.36. The van der Waals surface area contributed by atoms with E-state index in [1.165, 1.54) is 6.07 Å². The lowest BCUT2D eigenvalue weighted by molar-refractivity contribution is -0.156. The van der Waals surface area contributed by atoms with E-state index in [0.717, 1.165) is 31.4 Å². The molecule has 0 bridgehead atoms. The highest BCUT2D eigenvalue weighted by atomic mass is 19.4. The van der Waals surface area contributed by atoms with E-state index < -0.39 is 17.7 Å². The summed E-state index contributed by atoms with van der Waals surface area (Å²) in [6.07, 6.45) is -1.09. The van der Waals surface area contributed by atoms with Crippen LogP contribution in [0.4, 0.5) is 13.2 Å². The topological polar surface area (TPSA) is 44.1 Å². The number of hydrogen-bond donors (Lipinski definition) is 0. The molecule has 2 aromatic rings. The van der Waals surface area contributed by atoms with Crippen LogP contribution in [0.5, 0.6) is 0 Å². The summed E-state index contributed by atoms with van der Waals surface area (Å²) < 4.78 is 46.8. The van der Waals surface area contributed by atoms with Crippen LogP contribution in [0.25, 0.3) is 11.0 Å². The number of alkyl halides is 3. The Balaban J connectivity index is 1.85. The Kier molecular flexibility index (Phi) is 6.24. The quantitative estimate of drug-likeness (QED) is 0.601. The number of ether oxygens (including phenoxy) is 1. The molecule has 0 amide bonds. The number of esters is 1. The summed E-state index contributed by atoms with van der Waals surface area (Å²) in [5.74, 6) is 1.39. The first-order valence-corrected chi connectivity index (χ1v) is 10.4.